The third kappa shape index (κ3) is 4.61. The Labute approximate surface area is 326 Å². The molecule has 6 nitrogen and oxygen atoms in total. The Kier molecular flexibility index (Phi) is 6.95. The number of hydrogen-bond donors (Lipinski definition) is 0. The molecule has 0 amide bonds. The van der Waals surface area contributed by atoms with Gasteiger partial charge in [-0.3, -0.25) is 0 Å². The van der Waals surface area contributed by atoms with Gasteiger partial charge in [0.25, 0.3) is 0 Å². The maximum atomic E-state index is 10.9. The van der Waals surface area contributed by atoms with E-state index in [1.165, 1.54) is 10.8 Å². The molecule has 0 aliphatic rings. The summed E-state index contributed by atoms with van der Waals surface area (Å²) >= 11 is 0. The highest BCUT2D eigenvalue weighted by molar-refractivity contribution is 6.13. The van der Waals surface area contributed by atoms with Crippen molar-refractivity contribution in [2.45, 2.75) is 0 Å². The first kappa shape index (κ1) is 32.1. The monoisotopic (exact) mass is 724 g/mol. The highest BCUT2D eigenvalue weighted by atomic mass is 15.0. The molecule has 0 N–H and O–H groups in total. The molecular weight excluding hydrogens is 697 g/mol. The van der Waals surface area contributed by atoms with E-state index in [9.17, 15) is 15.8 Å². The van der Waals surface area contributed by atoms with Gasteiger partial charge in [0.15, 0.2) is 0 Å². The van der Waals surface area contributed by atoms with Crippen LogP contribution < -0.4 is 0 Å². The molecule has 11 rings (SSSR count). The summed E-state index contributed by atoms with van der Waals surface area (Å²) in [5.74, 6) is 0. The Morgan fingerprint density at radius 3 is 1.44 bits per heavy atom. The second kappa shape index (κ2) is 12.3. The topological polar surface area (TPSA) is 86.2 Å². The fourth-order valence-corrected chi connectivity index (χ4v) is 8.95. The summed E-state index contributed by atoms with van der Waals surface area (Å²) in [7, 11) is 0. The van der Waals surface area contributed by atoms with Crippen molar-refractivity contribution < 1.29 is 0 Å². The Morgan fingerprint density at radius 1 is 0.333 bits per heavy atom. The highest BCUT2D eigenvalue weighted by Gasteiger charge is 2.23. The van der Waals surface area contributed by atoms with Crippen LogP contribution in [-0.2, 0) is 0 Å². The first-order valence-electron chi connectivity index (χ1n) is 18.7. The van der Waals surface area contributed by atoms with Crippen molar-refractivity contribution in [3.63, 3.8) is 0 Å². The molecule has 3 aromatic heterocycles. The van der Waals surface area contributed by atoms with E-state index in [-0.39, 0.29) is 0 Å². The first-order valence-corrected chi connectivity index (χ1v) is 18.7. The van der Waals surface area contributed by atoms with E-state index < -0.39 is 0 Å². The Hall–Kier alpha value is -8.37. The first-order chi connectivity index (χ1) is 28.2. The minimum Gasteiger partial charge on any atom is -0.309 e. The Balaban J connectivity index is 1.23. The average molecular weight is 725 g/mol. The Morgan fingerprint density at radius 2 is 0.842 bits per heavy atom. The number of rotatable bonds is 4. The second-order valence-electron chi connectivity index (χ2n) is 14.3. The molecule has 0 spiro atoms. The number of nitrogens with zero attached hydrogens (tertiary/aromatic N) is 6. The highest BCUT2D eigenvalue weighted by Crippen LogP contribution is 2.43. The Bertz CT molecular complexity index is 3500. The summed E-state index contributed by atoms with van der Waals surface area (Å²) in [6.45, 7) is 0. The molecule has 11 aromatic rings. The number of fused-ring (bicyclic) bond motifs is 9. The number of nitriles is 3. The van der Waals surface area contributed by atoms with Crippen LogP contribution in [-0.4, -0.2) is 13.7 Å². The summed E-state index contributed by atoms with van der Waals surface area (Å²) < 4.78 is 6.79. The third-order valence-corrected chi connectivity index (χ3v) is 11.3. The SMILES string of the molecule is N#Cc1ccc2c(c1)c1cc(C#N)ccc1n2-c1ccc2c3ccccc3n(-c3c(C#N)cccc3-c3ccccc3-n3c4ccccc4c4ccccc43)c2c1. The van der Waals surface area contributed by atoms with Crippen LogP contribution in [0.4, 0.5) is 0 Å². The van der Waals surface area contributed by atoms with Crippen molar-refractivity contribution in [3.8, 4) is 46.4 Å². The zero-order chi connectivity index (χ0) is 38.2. The summed E-state index contributed by atoms with van der Waals surface area (Å²) in [5.41, 5.74) is 12.4. The van der Waals surface area contributed by atoms with Crippen molar-refractivity contribution >= 4 is 65.4 Å². The van der Waals surface area contributed by atoms with E-state index in [2.05, 4.69) is 147 Å². The van der Waals surface area contributed by atoms with E-state index in [1.807, 2.05) is 54.6 Å². The minimum absolute atomic E-state index is 0.557. The van der Waals surface area contributed by atoms with E-state index in [0.29, 0.717) is 16.7 Å². The molecule has 0 atom stereocenters. The van der Waals surface area contributed by atoms with Crippen LogP contribution in [0.5, 0.6) is 0 Å². The summed E-state index contributed by atoms with van der Waals surface area (Å²) in [5, 5.41) is 36.8. The summed E-state index contributed by atoms with van der Waals surface area (Å²) in [6.07, 6.45) is 0. The van der Waals surface area contributed by atoms with Gasteiger partial charge in [0.2, 0.25) is 0 Å². The standard InChI is InChI=1S/C51H28N6/c52-29-32-20-24-48-42(26-32)43-27-33(30-53)21-25-49(43)55(48)35-22-23-40-38-13-3-8-19-47(38)57(50(40)28-35)51-34(31-54)10-9-15-41(51)39-14-4-7-18-46(39)56-44-16-5-1-11-36(44)37-12-2-6-17-45(37)56/h1-28H. The molecule has 0 saturated carbocycles. The molecule has 57 heavy (non-hydrogen) atoms. The fraction of sp³-hybridized carbons (Fsp3) is 0. The fourth-order valence-electron chi connectivity index (χ4n) is 8.95. The predicted octanol–water partition coefficient (Wildman–Crippen LogP) is 12.3. The molecule has 0 bridgehead atoms. The van der Waals surface area contributed by atoms with Gasteiger partial charge in [-0.2, -0.15) is 15.8 Å². The molecule has 0 radical (unpaired) electrons. The lowest BCUT2D eigenvalue weighted by atomic mass is 9.98. The lowest BCUT2D eigenvalue weighted by Gasteiger charge is -2.19. The van der Waals surface area contributed by atoms with E-state index in [0.717, 1.165) is 82.8 Å². The number of aromatic nitrogens is 3. The molecule has 262 valence electrons. The van der Waals surface area contributed by atoms with E-state index in [1.54, 1.807) is 0 Å². The smallest absolute Gasteiger partial charge is 0.101 e. The zero-order valence-corrected chi connectivity index (χ0v) is 30.3. The van der Waals surface area contributed by atoms with Crippen LogP contribution in [0.25, 0.3) is 93.6 Å². The predicted molar refractivity (Wildman–Crippen MR) is 229 cm³/mol. The van der Waals surface area contributed by atoms with Gasteiger partial charge in [-0.05, 0) is 78.9 Å². The molecule has 8 aromatic carbocycles. The van der Waals surface area contributed by atoms with Crippen LogP contribution in [0.3, 0.4) is 0 Å². The van der Waals surface area contributed by atoms with Gasteiger partial charge in [0, 0.05) is 49.1 Å². The van der Waals surface area contributed by atoms with Gasteiger partial charge >= 0.3 is 0 Å². The molecule has 0 aliphatic heterocycles. The molecule has 3 heterocycles. The van der Waals surface area contributed by atoms with Crippen molar-refractivity contribution in [3.05, 3.63) is 187 Å². The molecule has 0 saturated heterocycles. The number of benzene rings is 8. The van der Waals surface area contributed by atoms with Crippen LogP contribution >= 0.6 is 0 Å². The maximum absolute atomic E-state index is 10.9. The summed E-state index contributed by atoms with van der Waals surface area (Å²) in [6, 6.07) is 64.9. The normalized spacial score (nSPS) is 11.5. The van der Waals surface area contributed by atoms with Crippen LogP contribution in [0, 0.1) is 34.0 Å². The maximum Gasteiger partial charge on any atom is 0.101 e. The van der Waals surface area contributed by atoms with Gasteiger partial charge in [0.1, 0.15) is 6.07 Å². The van der Waals surface area contributed by atoms with Crippen LogP contribution in [0.2, 0.25) is 0 Å². The van der Waals surface area contributed by atoms with Gasteiger partial charge in [-0.1, -0.05) is 91.0 Å². The molecule has 0 fully saturated rings. The zero-order valence-electron chi connectivity index (χ0n) is 30.3. The second-order valence-corrected chi connectivity index (χ2v) is 14.3. The number of para-hydroxylation sites is 5. The quantitative estimate of drug-likeness (QED) is 0.181. The lowest BCUT2D eigenvalue weighted by molar-refractivity contribution is 1.14. The van der Waals surface area contributed by atoms with Crippen molar-refractivity contribution in [1.82, 2.24) is 13.7 Å². The average Bonchev–Trinajstić information content (AvgIpc) is 3.90. The van der Waals surface area contributed by atoms with Crippen LogP contribution in [0.15, 0.2) is 170 Å². The van der Waals surface area contributed by atoms with E-state index >= 15 is 0 Å². The van der Waals surface area contributed by atoms with Crippen molar-refractivity contribution in [2.24, 2.45) is 0 Å². The molecule has 6 heteroatoms. The molecular formula is C51H28N6. The largest absolute Gasteiger partial charge is 0.309 e. The summed E-state index contributed by atoms with van der Waals surface area (Å²) in [4.78, 5) is 0. The van der Waals surface area contributed by atoms with Gasteiger partial charge in [-0.15, -0.1) is 0 Å². The molecule has 0 aliphatic carbocycles. The van der Waals surface area contributed by atoms with E-state index in [4.69, 9.17) is 0 Å². The van der Waals surface area contributed by atoms with Crippen molar-refractivity contribution in [2.75, 3.05) is 0 Å². The van der Waals surface area contributed by atoms with Gasteiger partial charge in [0.05, 0.1) is 73.3 Å². The number of hydrogen-bond acceptors (Lipinski definition) is 3. The lowest BCUT2D eigenvalue weighted by Crippen LogP contribution is -2.04. The van der Waals surface area contributed by atoms with Crippen LogP contribution in [0.1, 0.15) is 16.7 Å². The van der Waals surface area contributed by atoms with Crippen molar-refractivity contribution in [1.29, 1.82) is 15.8 Å². The third-order valence-electron chi connectivity index (χ3n) is 11.3. The van der Waals surface area contributed by atoms with Gasteiger partial charge < -0.3 is 13.7 Å². The van der Waals surface area contributed by atoms with Gasteiger partial charge in [-0.25, -0.2) is 0 Å². The molecule has 0 unspecified atom stereocenters. The minimum atomic E-state index is 0.557.